The van der Waals surface area contributed by atoms with E-state index in [0.29, 0.717) is 5.56 Å². The number of nitro groups is 1. The molecule has 0 fully saturated rings. The second-order valence-corrected chi connectivity index (χ2v) is 2.41. The summed E-state index contributed by atoms with van der Waals surface area (Å²) >= 11 is 0. The third-order valence-corrected chi connectivity index (χ3v) is 1.44. The maximum atomic E-state index is 10.4. The van der Waals surface area contributed by atoms with Crippen molar-refractivity contribution in [3.8, 4) is 5.75 Å². The number of carboxylic acid groups (broad SMARTS) is 1. The summed E-state index contributed by atoms with van der Waals surface area (Å²) in [7, 11) is 0. The van der Waals surface area contributed by atoms with Crippen molar-refractivity contribution in [1.82, 2.24) is 4.98 Å². The van der Waals surface area contributed by atoms with Crippen LogP contribution in [0.3, 0.4) is 0 Å². The molecule has 0 saturated carbocycles. The first-order valence-corrected chi connectivity index (χ1v) is 3.53. The van der Waals surface area contributed by atoms with Crippen LogP contribution in [0, 0.1) is 17.0 Å². The SMILES string of the molecule is Cc1ccnc([N+](=O)[O-])c1OC(=O)O. The lowest BCUT2D eigenvalue weighted by Gasteiger charge is -2.02. The van der Waals surface area contributed by atoms with Crippen molar-refractivity contribution in [2.24, 2.45) is 0 Å². The van der Waals surface area contributed by atoms with Crippen LogP contribution in [0.25, 0.3) is 0 Å². The normalized spacial score (nSPS) is 9.50. The van der Waals surface area contributed by atoms with Crippen LogP contribution in [0.2, 0.25) is 0 Å². The van der Waals surface area contributed by atoms with Crippen molar-refractivity contribution in [3.05, 3.63) is 27.9 Å². The van der Waals surface area contributed by atoms with Crippen LogP contribution >= 0.6 is 0 Å². The summed E-state index contributed by atoms with van der Waals surface area (Å²) in [6.45, 7) is 1.49. The lowest BCUT2D eigenvalue weighted by molar-refractivity contribution is -0.390. The molecule has 1 N–H and O–H groups in total. The fourth-order valence-corrected chi connectivity index (χ4v) is 0.874. The third-order valence-electron chi connectivity index (χ3n) is 1.44. The van der Waals surface area contributed by atoms with E-state index in [1.807, 2.05) is 0 Å². The number of hydrogen-bond donors (Lipinski definition) is 1. The first-order chi connectivity index (χ1) is 6.52. The highest BCUT2D eigenvalue weighted by Gasteiger charge is 2.21. The van der Waals surface area contributed by atoms with Gasteiger partial charge in [-0.25, -0.2) is 4.79 Å². The van der Waals surface area contributed by atoms with Gasteiger partial charge in [-0.05, 0) is 22.9 Å². The van der Waals surface area contributed by atoms with Crippen molar-refractivity contribution < 1.29 is 19.6 Å². The topological polar surface area (TPSA) is 103 Å². The van der Waals surface area contributed by atoms with E-state index in [-0.39, 0.29) is 5.75 Å². The molecule has 14 heavy (non-hydrogen) atoms. The molecular weight excluding hydrogens is 192 g/mol. The van der Waals surface area contributed by atoms with Gasteiger partial charge in [-0.3, -0.25) is 0 Å². The first kappa shape index (κ1) is 9.90. The van der Waals surface area contributed by atoms with Gasteiger partial charge in [0.2, 0.25) is 5.75 Å². The van der Waals surface area contributed by atoms with Gasteiger partial charge in [0.05, 0.1) is 0 Å². The molecule has 1 rings (SSSR count). The predicted octanol–water partition coefficient (Wildman–Crippen LogP) is 1.36. The highest BCUT2D eigenvalue weighted by atomic mass is 16.7. The quantitative estimate of drug-likeness (QED) is 0.437. The van der Waals surface area contributed by atoms with E-state index in [2.05, 4.69) is 9.72 Å². The summed E-state index contributed by atoms with van der Waals surface area (Å²) in [4.78, 5) is 23.3. The Morgan fingerprint density at radius 3 is 2.86 bits per heavy atom. The second-order valence-electron chi connectivity index (χ2n) is 2.41. The van der Waals surface area contributed by atoms with Crippen LogP contribution in [0.15, 0.2) is 12.3 Å². The van der Waals surface area contributed by atoms with Crippen LogP contribution in [-0.2, 0) is 0 Å². The zero-order valence-electron chi connectivity index (χ0n) is 7.13. The maximum absolute atomic E-state index is 10.4. The minimum Gasteiger partial charge on any atom is -0.449 e. The van der Waals surface area contributed by atoms with E-state index in [9.17, 15) is 14.9 Å². The van der Waals surface area contributed by atoms with Gasteiger partial charge in [0, 0.05) is 5.56 Å². The van der Waals surface area contributed by atoms with Crippen LogP contribution in [0.5, 0.6) is 5.75 Å². The number of nitrogens with zero attached hydrogens (tertiary/aromatic N) is 2. The molecule has 0 unspecified atom stereocenters. The summed E-state index contributed by atoms with van der Waals surface area (Å²) in [6.07, 6.45) is -0.397. The van der Waals surface area contributed by atoms with Crippen molar-refractivity contribution in [3.63, 3.8) is 0 Å². The molecule has 0 saturated heterocycles. The highest BCUT2D eigenvalue weighted by Crippen LogP contribution is 2.27. The van der Waals surface area contributed by atoms with Gasteiger partial charge < -0.3 is 20.0 Å². The van der Waals surface area contributed by atoms with Crippen LogP contribution < -0.4 is 4.74 Å². The molecule has 0 aliphatic heterocycles. The molecular formula is C7H6N2O5. The summed E-state index contributed by atoms with van der Waals surface area (Å²) in [5, 5.41) is 18.8. The minimum atomic E-state index is -1.61. The molecule has 0 radical (unpaired) electrons. The minimum absolute atomic E-state index is 0.342. The Balaban J connectivity index is 3.22. The molecule has 0 amide bonds. The molecule has 0 aliphatic carbocycles. The lowest BCUT2D eigenvalue weighted by atomic mass is 10.2. The van der Waals surface area contributed by atoms with Gasteiger partial charge in [0.25, 0.3) is 0 Å². The first-order valence-electron chi connectivity index (χ1n) is 3.53. The van der Waals surface area contributed by atoms with E-state index in [1.165, 1.54) is 19.2 Å². The van der Waals surface area contributed by atoms with Crippen molar-refractivity contribution in [2.75, 3.05) is 0 Å². The Kier molecular flexibility index (Phi) is 2.61. The Hall–Kier alpha value is -2.18. The summed E-state index contributed by atoms with van der Waals surface area (Å²) < 4.78 is 4.25. The average molecular weight is 198 g/mol. The Morgan fingerprint density at radius 1 is 1.71 bits per heavy atom. The molecule has 1 aromatic rings. The highest BCUT2D eigenvalue weighted by molar-refractivity contribution is 5.64. The summed E-state index contributed by atoms with van der Waals surface area (Å²) in [5.41, 5.74) is 0.342. The summed E-state index contributed by atoms with van der Waals surface area (Å²) in [5.74, 6) is -0.947. The maximum Gasteiger partial charge on any atom is 0.511 e. The smallest absolute Gasteiger partial charge is 0.449 e. The molecule has 0 bridgehead atoms. The fraction of sp³-hybridized carbons (Fsp3) is 0.143. The zero-order valence-corrected chi connectivity index (χ0v) is 7.13. The largest absolute Gasteiger partial charge is 0.511 e. The molecule has 0 spiro atoms. The van der Waals surface area contributed by atoms with E-state index < -0.39 is 16.9 Å². The number of ether oxygens (including phenoxy) is 1. The number of aryl methyl sites for hydroxylation is 1. The van der Waals surface area contributed by atoms with E-state index in [0.717, 1.165) is 0 Å². The van der Waals surface area contributed by atoms with E-state index in [4.69, 9.17) is 5.11 Å². The molecule has 1 aromatic heterocycles. The monoisotopic (exact) mass is 198 g/mol. The molecule has 0 atom stereocenters. The lowest BCUT2D eigenvalue weighted by Crippen LogP contribution is -2.07. The standard InChI is InChI=1S/C7H6N2O5/c1-4-2-3-8-6(9(12)13)5(4)14-7(10)11/h2-3H,1H3,(H,10,11). The Morgan fingerprint density at radius 2 is 2.36 bits per heavy atom. The van der Waals surface area contributed by atoms with Gasteiger partial charge in [-0.2, -0.15) is 0 Å². The molecule has 74 valence electrons. The van der Waals surface area contributed by atoms with Crippen molar-refractivity contribution in [2.45, 2.75) is 6.92 Å². The van der Waals surface area contributed by atoms with Gasteiger partial charge in [-0.15, -0.1) is 0 Å². The second kappa shape index (κ2) is 3.69. The van der Waals surface area contributed by atoms with E-state index in [1.54, 1.807) is 0 Å². The molecule has 1 heterocycles. The molecule has 7 nitrogen and oxygen atoms in total. The Labute approximate surface area is 78.1 Å². The van der Waals surface area contributed by atoms with Crippen molar-refractivity contribution >= 4 is 12.0 Å². The molecule has 7 heteroatoms. The van der Waals surface area contributed by atoms with Crippen LogP contribution in [0.4, 0.5) is 10.6 Å². The average Bonchev–Trinajstić information content (AvgIpc) is 2.07. The molecule has 0 aliphatic rings. The van der Waals surface area contributed by atoms with Crippen LogP contribution in [-0.4, -0.2) is 21.2 Å². The van der Waals surface area contributed by atoms with E-state index >= 15 is 0 Å². The third kappa shape index (κ3) is 1.94. The number of rotatable bonds is 2. The zero-order chi connectivity index (χ0) is 10.7. The van der Waals surface area contributed by atoms with Gasteiger partial charge >= 0.3 is 12.0 Å². The fourth-order valence-electron chi connectivity index (χ4n) is 0.874. The van der Waals surface area contributed by atoms with Gasteiger partial charge in [-0.1, -0.05) is 0 Å². The van der Waals surface area contributed by atoms with Gasteiger partial charge in [0.15, 0.2) is 0 Å². The predicted molar refractivity (Wildman–Crippen MR) is 44.3 cm³/mol. The molecule has 0 aromatic carbocycles. The number of carbonyl (C=O) groups is 1. The summed E-state index contributed by atoms with van der Waals surface area (Å²) in [6, 6.07) is 1.42. The number of pyridine rings is 1. The van der Waals surface area contributed by atoms with Gasteiger partial charge in [0.1, 0.15) is 6.20 Å². The number of hydrogen-bond acceptors (Lipinski definition) is 5. The van der Waals surface area contributed by atoms with Crippen molar-refractivity contribution in [1.29, 1.82) is 0 Å². The number of aromatic nitrogens is 1. The Bertz CT molecular complexity index is 390. The van der Waals surface area contributed by atoms with Crippen LogP contribution in [0.1, 0.15) is 5.56 Å².